The van der Waals surface area contributed by atoms with Crippen LogP contribution in [0.25, 0.3) is 0 Å². The SMILES string of the molecule is CCC(CC1CC1)NS(=O)(=O)c1cnc(NC)nc1. The van der Waals surface area contributed by atoms with Crippen molar-refractivity contribution in [2.24, 2.45) is 5.92 Å². The van der Waals surface area contributed by atoms with Crippen LogP contribution in [0.3, 0.4) is 0 Å². The molecule has 1 saturated carbocycles. The largest absolute Gasteiger partial charge is 0.357 e. The van der Waals surface area contributed by atoms with Crippen LogP contribution in [0.4, 0.5) is 5.95 Å². The van der Waals surface area contributed by atoms with Crippen LogP contribution in [-0.2, 0) is 10.0 Å². The van der Waals surface area contributed by atoms with Crippen LogP contribution in [0.5, 0.6) is 0 Å². The first-order valence-corrected chi connectivity index (χ1v) is 8.05. The van der Waals surface area contributed by atoms with Crippen LogP contribution in [0, 0.1) is 5.92 Å². The summed E-state index contributed by atoms with van der Waals surface area (Å²) in [7, 11) is -1.83. The molecule has 7 heteroatoms. The Kier molecular flexibility index (Phi) is 4.36. The molecule has 1 fully saturated rings. The molecule has 1 atom stereocenters. The number of sulfonamides is 1. The van der Waals surface area contributed by atoms with Crippen molar-refractivity contribution in [3.8, 4) is 0 Å². The smallest absolute Gasteiger partial charge is 0.243 e. The molecule has 1 unspecified atom stereocenters. The third kappa shape index (κ3) is 3.87. The summed E-state index contributed by atoms with van der Waals surface area (Å²) in [5.41, 5.74) is 0. The molecule has 1 heterocycles. The highest BCUT2D eigenvalue weighted by Crippen LogP contribution is 2.34. The lowest BCUT2D eigenvalue weighted by Gasteiger charge is -2.16. The quantitative estimate of drug-likeness (QED) is 0.790. The summed E-state index contributed by atoms with van der Waals surface area (Å²) in [6.45, 7) is 2.00. The van der Waals surface area contributed by atoms with Gasteiger partial charge in [-0.25, -0.2) is 23.1 Å². The Morgan fingerprint density at radius 2 is 2.00 bits per heavy atom. The average molecular weight is 284 g/mol. The fourth-order valence-electron chi connectivity index (χ4n) is 1.93. The molecule has 1 aliphatic carbocycles. The van der Waals surface area contributed by atoms with Gasteiger partial charge in [0.25, 0.3) is 0 Å². The van der Waals surface area contributed by atoms with Crippen molar-refractivity contribution >= 4 is 16.0 Å². The summed E-state index contributed by atoms with van der Waals surface area (Å²) in [4.78, 5) is 7.97. The van der Waals surface area contributed by atoms with Crippen molar-refractivity contribution in [2.75, 3.05) is 12.4 Å². The van der Waals surface area contributed by atoms with E-state index < -0.39 is 10.0 Å². The predicted molar refractivity (Wildman–Crippen MR) is 73.3 cm³/mol. The van der Waals surface area contributed by atoms with Crippen LogP contribution in [0.15, 0.2) is 17.3 Å². The Morgan fingerprint density at radius 1 is 1.37 bits per heavy atom. The van der Waals surface area contributed by atoms with Crippen LogP contribution in [0.2, 0.25) is 0 Å². The highest BCUT2D eigenvalue weighted by Gasteiger charge is 2.27. The van der Waals surface area contributed by atoms with Crippen molar-refractivity contribution < 1.29 is 8.42 Å². The molecule has 2 N–H and O–H groups in total. The molecule has 19 heavy (non-hydrogen) atoms. The molecule has 1 aliphatic rings. The van der Waals surface area contributed by atoms with Gasteiger partial charge in [0.15, 0.2) is 0 Å². The van der Waals surface area contributed by atoms with E-state index in [1.807, 2.05) is 6.92 Å². The number of hydrogen-bond acceptors (Lipinski definition) is 5. The topological polar surface area (TPSA) is 84.0 Å². The fraction of sp³-hybridized carbons (Fsp3) is 0.667. The number of hydrogen-bond donors (Lipinski definition) is 2. The van der Waals surface area contributed by atoms with E-state index in [4.69, 9.17) is 0 Å². The van der Waals surface area contributed by atoms with Gasteiger partial charge in [-0.2, -0.15) is 0 Å². The molecular weight excluding hydrogens is 264 g/mol. The van der Waals surface area contributed by atoms with Gasteiger partial charge in [0, 0.05) is 13.1 Å². The summed E-state index contributed by atoms with van der Waals surface area (Å²) >= 11 is 0. The maximum Gasteiger partial charge on any atom is 0.243 e. The molecule has 0 aromatic carbocycles. The first-order valence-electron chi connectivity index (χ1n) is 6.57. The number of nitrogens with zero attached hydrogens (tertiary/aromatic N) is 2. The third-order valence-electron chi connectivity index (χ3n) is 3.29. The lowest BCUT2D eigenvalue weighted by Crippen LogP contribution is -2.34. The molecule has 2 rings (SSSR count). The molecular formula is C12H20N4O2S. The first kappa shape index (κ1) is 14.2. The van der Waals surface area contributed by atoms with E-state index in [2.05, 4.69) is 20.0 Å². The number of aromatic nitrogens is 2. The second-order valence-electron chi connectivity index (χ2n) is 4.90. The summed E-state index contributed by atoms with van der Waals surface area (Å²) in [5, 5.41) is 2.75. The van der Waals surface area contributed by atoms with Gasteiger partial charge in [0.2, 0.25) is 16.0 Å². The monoisotopic (exact) mass is 284 g/mol. The zero-order valence-electron chi connectivity index (χ0n) is 11.3. The predicted octanol–water partition coefficient (Wildman–Crippen LogP) is 1.38. The van der Waals surface area contributed by atoms with Gasteiger partial charge >= 0.3 is 0 Å². The van der Waals surface area contributed by atoms with Gasteiger partial charge in [0.1, 0.15) is 4.90 Å². The molecule has 106 valence electrons. The fourth-order valence-corrected chi connectivity index (χ4v) is 3.15. The Bertz CT molecular complexity index is 511. The van der Waals surface area contributed by atoms with E-state index >= 15 is 0 Å². The molecule has 1 aromatic heterocycles. The van der Waals surface area contributed by atoms with Crippen molar-refractivity contribution in [2.45, 2.75) is 43.5 Å². The van der Waals surface area contributed by atoms with Gasteiger partial charge in [-0.1, -0.05) is 19.8 Å². The maximum atomic E-state index is 12.2. The van der Waals surface area contributed by atoms with Gasteiger partial charge in [0.05, 0.1) is 12.4 Å². The molecule has 0 amide bonds. The normalized spacial score (nSPS) is 17.2. The van der Waals surface area contributed by atoms with E-state index in [9.17, 15) is 8.42 Å². The minimum Gasteiger partial charge on any atom is -0.357 e. The Labute approximate surface area is 114 Å². The summed E-state index contributed by atoms with van der Waals surface area (Å²) in [5.74, 6) is 1.10. The van der Waals surface area contributed by atoms with Crippen molar-refractivity contribution in [1.82, 2.24) is 14.7 Å². The van der Waals surface area contributed by atoms with Crippen LogP contribution in [0.1, 0.15) is 32.6 Å². The molecule has 0 aliphatic heterocycles. The maximum absolute atomic E-state index is 12.2. The number of anilines is 1. The standard InChI is InChI=1S/C12H20N4O2S/c1-3-10(6-9-4-5-9)16-19(17,18)11-7-14-12(13-2)15-8-11/h7-10,16H,3-6H2,1-2H3,(H,13,14,15). The molecule has 0 saturated heterocycles. The second-order valence-corrected chi connectivity index (χ2v) is 6.61. The zero-order valence-corrected chi connectivity index (χ0v) is 12.1. The Hall–Kier alpha value is -1.21. The highest BCUT2D eigenvalue weighted by molar-refractivity contribution is 7.89. The lowest BCUT2D eigenvalue weighted by atomic mass is 10.1. The molecule has 0 spiro atoms. The van der Waals surface area contributed by atoms with E-state index in [1.165, 1.54) is 25.2 Å². The minimum absolute atomic E-state index is 0.00137. The van der Waals surface area contributed by atoms with Crippen molar-refractivity contribution in [1.29, 1.82) is 0 Å². The zero-order chi connectivity index (χ0) is 13.9. The van der Waals surface area contributed by atoms with E-state index in [0.717, 1.165) is 12.8 Å². The van der Waals surface area contributed by atoms with E-state index in [1.54, 1.807) is 7.05 Å². The molecule has 0 radical (unpaired) electrons. The van der Waals surface area contributed by atoms with Gasteiger partial charge in [-0.15, -0.1) is 0 Å². The van der Waals surface area contributed by atoms with Crippen LogP contribution >= 0.6 is 0 Å². The summed E-state index contributed by atoms with van der Waals surface area (Å²) in [6, 6.07) is 0.00137. The Morgan fingerprint density at radius 3 is 2.47 bits per heavy atom. The van der Waals surface area contributed by atoms with E-state index in [-0.39, 0.29) is 10.9 Å². The van der Waals surface area contributed by atoms with Gasteiger partial charge in [-0.05, 0) is 18.8 Å². The minimum atomic E-state index is -3.52. The lowest BCUT2D eigenvalue weighted by molar-refractivity contribution is 0.495. The molecule has 0 bridgehead atoms. The summed E-state index contributed by atoms with van der Waals surface area (Å²) < 4.78 is 27.1. The molecule has 1 aromatic rings. The van der Waals surface area contributed by atoms with Crippen LogP contribution in [-0.4, -0.2) is 31.5 Å². The van der Waals surface area contributed by atoms with Gasteiger partial charge in [-0.3, -0.25) is 0 Å². The van der Waals surface area contributed by atoms with Crippen molar-refractivity contribution in [3.63, 3.8) is 0 Å². The van der Waals surface area contributed by atoms with E-state index in [0.29, 0.717) is 11.9 Å². The molecule has 6 nitrogen and oxygen atoms in total. The summed E-state index contributed by atoms with van der Waals surface area (Å²) in [6.07, 6.45) is 6.81. The van der Waals surface area contributed by atoms with Crippen LogP contribution < -0.4 is 10.0 Å². The second kappa shape index (κ2) is 5.83. The van der Waals surface area contributed by atoms with Crippen molar-refractivity contribution in [3.05, 3.63) is 12.4 Å². The third-order valence-corrected chi connectivity index (χ3v) is 4.77. The average Bonchev–Trinajstić information content (AvgIpc) is 3.21. The Balaban J connectivity index is 2.06. The first-order chi connectivity index (χ1) is 9.05. The van der Waals surface area contributed by atoms with Gasteiger partial charge < -0.3 is 5.32 Å². The number of nitrogens with one attached hydrogen (secondary N) is 2. The number of rotatable bonds is 7. The highest BCUT2D eigenvalue weighted by atomic mass is 32.2.